The molecule has 6 radical (unpaired) electrons. The maximum Gasteiger partial charge on any atom is 0.156 e. The summed E-state index contributed by atoms with van der Waals surface area (Å²) in [5, 5.41) is 10.3. The van der Waals surface area contributed by atoms with Gasteiger partial charge in [-0.3, -0.25) is 4.79 Å². The van der Waals surface area contributed by atoms with Crippen molar-refractivity contribution in [3.05, 3.63) is 57.7 Å². The van der Waals surface area contributed by atoms with Crippen LogP contribution in [0.4, 0.5) is 8.78 Å². The third kappa shape index (κ3) is 3.87. The van der Waals surface area contributed by atoms with Gasteiger partial charge in [-0.15, -0.1) is 5.92 Å². The fourth-order valence-electron chi connectivity index (χ4n) is 7.63. The molecule has 1 N–H and O–H groups in total. The van der Waals surface area contributed by atoms with E-state index in [4.69, 9.17) is 23.5 Å². The summed E-state index contributed by atoms with van der Waals surface area (Å²) in [5.74, 6) is 4.29. The SMILES string of the molecule is [B]C([B])([B])C#C[C@]1(O)[C@H](C)C[C@H]2[C@@H]3CCC4=CC(=O)CCC4=C3[C@@H](c3cc(F)c(C)c(F)c3)C[C@@]21C. The Morgan fingerprint density at radius 1 is 1.14 bits per heavy atom. The molecule has 0 unspecified atom stereocenters. The Kier molecular flexibility index (Phi) is 6.03. The van der Waals surface area contributed by atoms with Gasteiger partial charge < -0.3 is 5.11 Å². The lowest BCUT2D eigenvalue weighted by Crippen LogP contribution is -2.52. The molecule has 0 heterocycles. The number of hydrogen-bond donors (Lipinski definition) is 1. The van der Waals surface area contributed by atoms with E-state index in [1.807, 2.05) is 13.8 Å². The molecule has 1 aromatic rings. The zero-order chi connectivity index (χ0) is 26.2. The average Bonchev–Trinajstić information content (AvgIpc) is 3.00. The maximum atomic E-state index is 14.8. The van der Waals surface area contributed by atoms with E-state index in [0.29, 0.717) is 24.8 Å². The molecule has 1 aromatic carbocycles. The molecule has 0 aliphatic heterocycles. The van der Waals surface area contributed by atoms with Crippen molar-refractivity contribution in [3.8, 4) is 11.8 Å². The lowest BCUT2D eigenvalue weighted by atomic mass is 9.43. The van der Waals surface area contributed by atoms with Crippen molar-refractivity contribution in [1.29, 1.82) is 0 Å². The summed E-state index contributed by atoms with van der Waals surface area (Å²) >= 11 is 0. The van der Waals surface area contributed by atoms with E-state index in [0.717, 1.165) is 24.8 Å². The minimum atomic E-state index is -1.74. The molecule has 4 aliphatic rings. The normalized spacial score (nSPS) is 35.8. The smallest absolute Gasteiger partial charge is 0.156 e. The van der Waals surface area contributed by atoms with Crippen LogP contribution in [-0.2, 0) is 4.79 Å². The van der Waals surface area contributed by atoms with Gasteiger partial charge in [0.1, 0.15) is 17.2 Å². The minimum Gasteiger partial charge on any atom is -0.377 e. The largest absolute Gasteiger partial charge is 0.377 e. The zero-order valence-corrected chi connectivity index (χ0v) is 21.1. The predicted molar refractivity (Wildman–Crippen MR) is 139 cm³/mol. The van der Waals surface area contributed by atoms with Crippen molar-refractivity contribution < 1.29 is 18.7 Å². The quantitative estimate of drug-likeness (QED) is 0.467. The number of rotatable bonds is 1. The van der Waals surface area contributed by atoms with Crippen LogP contribution in [0.1, 0.15) is 69.4 Å². The Morgan fingerprint density at radius 2 is 1.81 bits per heavy atom. The summed E-state index contributed by atoms with van der Waals surface area (Å²) in [7, 11) is 17.2. The van der Waals surface area contributed by atoms with Crippen LogP contribution < -0.4 is 0 Å². The van der Waals surface area contributed by atoms with Gasteiger partial charge in [-0.1, -0.05) is 30.5 Å². The second-order valence-electron chi connectivity index (χ2n) is 11.7. The van der Waals surface area contributed by atoms with Gasteiger partial charge in [0.05, 0.1) is 23.5 Å². The van der Waals surface area contributed by atoms with Gasteiger partial charge in [-0.2, -0.15) is 0 Å². The molecule has 0 saturated heterocycles. The first kappa shape index (κ1) is 25.6. The second-order valence-corrected chi connectivity index (χ2v) is 11.7. The summed E-state index contributed by atoms with van der Waals surface area (Å²) in [4.78, 5) is 12.2. The van der Waals surface area contributed by atoms with Gasteiger partial charge in [0.25, 0.3) is 0 Å². The van der Waals surface area contributed by atoms with Crippen molar-refractivity contribution in [2.75, 3.05) is 0 Å². The number of halogens is 2. The van der Waals surface area contributed by atoms with Gasteiger partial charge >= 0.3 is 0 Å². The molecule has 2 nitrogen and oxygen atoms in total. The molecule has 2 saturated carbocycles. The van der Waals surface area contributed by atoms with E-state index in [9.17, 15) is 18.7 Å². The highest BCUT2D eigenvalue weighted by atomic mass is 19.1. The number of aliphatic hydroxyl groups is 1. The second kappa shape index (κ2) is 8.49. The van der Waals surface area contributed by atoms with Gasteiger partial charge in [0, 0.05) is 23.3 Å². The molecule has 36 heavy (non-hydrogen) atoms. The van der Waals surface area contributed by atoms with E-state index in [-0.39, 0.29) is 35.0 Å². The zero-order valence-electron chi connectivity index (χ0n) is 21.1. The van der Waals surface area contributed by atoms with Crippen LogP contribution in [0, 0.1) is 53.6 Å². The Hall–Kier alpha value is -2.06. The number of benzene rings is 1. The van der Waals surface area contributed by atoms with Crippen LogP contribution in [0.2, 0.25) is 5.11 Å². The molecule has 5 rings (SSSR count). The van der Waals surface area contributed by atoms with Crippen molar-refractivity contribution in [3.63, 3.8) is 0 Å². The molecular formula is C29H29B3F2O2. The molecule has 6 atom stereocenters. The number of ketones is 1. The summed E-state index contributed by atoms with van der Waals surface area (Å²) in [6.45, 7) is 5.44. The fraction of sp³-hybridized carbons (Fsp3) is 0.552. The maximum absolute atomic E-state index is 14.8. The first-order chi connectivity index (χ1) is 16.7. The van der Waals surface area contributed by atoms with Gasteiger partial charge in [-0.05, 0) is 91.7 Å². The van der Waals surface area contributed by atoms with E-state index in [1.165, 1.54) is 30.2 Å². The van der Waals surface area contributed by atoms with Gasteiger partial charge in [0.15, 0.2) is 5.78 Å². The summed E-state index contributed by atoms with van der Waals surface area (Å²) in [6.07, 6.45) is 5.64. The molecule has 0 aromatic heterocycles. The molecule has 2 fully saturated rings. The van der Waals surface area contributed by atoms with Crippen LogP contribution in [-0.4, -0.2) is 40.0 Å². The third-order valence-corrected chi connectivity index (χ3v) is 9.49. The topological polar surface area (TPSA) is 37.3 Å². The summed E-state index contributed by atoms with van der Waals surface area (Å²) in [5.41, 5.74) is 1.84. The number of fused-ring (bicyclic) bond motifs is 4. The standard InChI is InChI=1S/C29H29B3F2O2/c1-15-10-23-21-6-4-17-11-19(35)5-7-20(17)26(21)22(18-12-24(33)16(2)25(34)13-18)14-27(23,3)28(15,36)8-9-29(30,31)32/h11-13,15,21-23,36H,4-7,10,14H2,1-3H3/t15-,21+,22-,23+,27+,28+/m1/s1. The van der Waals surface area contributed by atoms with Gasteiger partial charge in [0.2, 0.25) is 0 Å². The van der Waals surface area contributed by atoms with Crippen LogP contribution in [0.25, 0.3) is 0 Å². The van der Waals surface area contributed by atoms with E-state index in [2.05, 4.69) is 11.8 Å². The van der Waals surface area contributed by atoms with Crippen LogP contribution in [0.3, 0.4) is 0 Å². The Morgan fingerprint density at radius 3 is 2.44 bits per heavy atom. The monoisotopic (exact) mass is 480 g/mol. The number of carbonyl (C=O) groups excluding carboxylic acids is 1. The highest BCUT2D eigenvalue weighted by Crippen LogP contribution is 2.68. The molecule has 180 valence electrons. The molecule has 0 amide bonds. The lowest BCUT2D eigenvalue weighted by Gasteiger charge is -2.54. The van der Waals surface area contributed by atoms with Crippen molar-refractivity contribution in [1.82, 2.24) is 0 Å². The molecule has 0 spiro atoms. The number of hydrogen-bond acceptors (Lipinski definition) is 2. The highest BCUT2D eigenvalue weighted by molar-refractivity contribution is 6.61. The molecule has 7 heteroatoms. The summed E-state index contributed by atoms with van der Waals surface area (Å²) in [6, 6.07) is 2.86. The van der Waals surface area contributed by atoms with Crippen molar-refractivity contribution in [2.45, 2.75) is 75.9 Å². The van der Waals surface area contributed by atoms with Gasteiger partial charge in [-0.25, -0.2) is 8.78 Å². The Balaban J connectivity index is 1.72. The number of allylic oxidation sites excluding steroid dienone is 4. The van der Waals surface area contributed by atoms with E-state index >= 15 is 0 Å². The summed E-state index contributed by atoms with van der Waals surface area (Å²) < 4.78 is 29.6. The highest BCUT2D eigenvalue weighted by Gasteiger charge is 2.65. The Bertz CT molecular complexity index is 1240. The average molecular weight is 480 g/mol. The number of carbonyl (C=O) groups is 1. The Labute approximate surface area is 216 Å². The van der Waals surface area contributed by atoms with Crippen LogP contribution in [0.15, 0.2) is 34.9 Å². The fourth-order valence-corrected chi connectivity index (χ4v) is 7.63. The molecule has 0 bridgehead atoms. The first-order valence-corrected chi connectivity index (χ1v) is 12.8. The lowest BCUT2D eigenvalue weighted by molar-refractivity contribution is -0.114. The third-order valence-electron chi connectivity index (χ3n) is 9.49. The van der Waals surface area contributed by atoms with Crippen LogP contribution >= 0.6 is 0 Å². The molecular weight excluding hydrogens is 451 g/mol. The van der Waals surface area contributed by atoms with E-state index in [1.54, 1.807) is 6.08 Å². The molecule has 4 aliphatic carbocycles. The van der Waals surface area contributed by atoms with Crippen LogP contribution in [0.5, 0.6) is 0 Å². The van der Waals surface area contributed by atoms with Crippen molar-refractivity contribution in [2.24, 2.45) is 23.2 Å². The minimum absolute atomic E-state index is 0.0117. The predicted octanol–water partition coefficient (Wildman–Crippen LogP) is 4.73. The van der Waals surface area contributed by atoms with Crippen molar-refractivity contribution >= 4 is 29.3 Å². The van der Waals surface area contributed by atoms with E-state index < -0.39 is 27.8 Å². The first-order valence-electron chi connectivity index (χ1n) is 12.8.